The summed E-state index contributed by atoms with van der Waals surface area (Å²) in [6.07, 6.45) is 0. The Bertz CT molecular complexity index is 459. The van der Waals surface area contributed by atoms with Crippen LogP contribution in [0.4, 0.5) is 0 Å². The number of rotatable bonds is 2. The van der Waals surface area contributed by atoms with Gasteiger partial charge in [-0.05, 0) is 33.3 Å². The van der Waals surface area contributed by atoms with E-state index >= 15 is 0 Å². The number of aryl methyl sites for hydroxylation is 1. The predicted octanol–water partition coefficient (Wildman–Crippen LogP) is 2.89. The van der Waals surface area contributed by atoms with Crippen LogP contribution in [0.2, 0.25) is 0 Å². The SMILES string of the molecule is Cc1ccc(C2CN(C(C)(C)C)CC2C(=O)O)cc1. The molecular weight excluding hydrogens is 238 g/mol. The molecule has 1 aromatic rings. The van der Waals surface area contributed by atoms with Crippen molar-refractivity contribution >= 4 is 5.97 Å². The van der Waals surface area contributed by atoms with Crippen molar-refractivity contribution in [3.05, 3.63) is 35.4 Å². The van der Waals surface area contributed by atoms with E-state index in [9.17, 15) is 9.90 Å². The zero-order chi connectivity index (χ0) is 14.2. The molecule has 1 aliphatic rings. The molecule has 1 saturated heterocycles. The molecule has 3 heteroatoms. The predicted molar refractivity (Wildman–Crippen MR) is 76.4 cm³/mol. The number of likely N-dealkylation sites (tertiary alicyclic amines) is 1. The summed E-state index contributed by atoms with van der Waals surface area (Å²) < 4.78 is 0. The Morgan fingerprint density at radius 1 is 1.21 bits per heavy atom. The molecule has 19 heavy (non-hydrogen) atoms. The Morgan fingerprint density at radius 3 is 2.26 bits per heavy atom. The normalized spacial score (nSPS) is 24.6. The van der Waals surface area contributed by atoms with E-state index in [1.54, 1.807) is 0 Å². The van der Waals surface area contributed by atoms with Crippen LogP contribution in [0.3, 0.4) is 0 Å². The first-order valence-corrected chi connectivity index (χ1v) is 6.83. The Hall–Kier alpha value is -1.35. The van der Waals surface area contributed by atoms with E-state index in [2.05, 4.69) is 56.9 Å². The van der Waals surface area contributed by atoms with Crippen LogP contribution >= 0.6 is 0 Å². The van der Waals surface area contributed by atoms with Gasteiger partial charge in [0.25, 0.3) is 0 Å². The van der Waals surface area contributed by atoms with Crippen LogP contribution in [-0.4, -0.2) is 34.6 Å². The minimum Gasteiger partial charge on any atom is -0.481 e. The maximum absolute atomic E-state index is 11.5. The molecule has 1 N–H and O–H groups in total. The number of hydrogen-bond acceptors (Lipinski definition) is 2. The summed E-state index contributed by atoms with van der Waals surface area (Å²) >= 11 is 0. The minimum atomic E-state index is -0.683. The van der Waals surface area contributed by atoms with Gasteiger partial charge in [-0.1, -0.05) is 29.8 Å². The molecule has 0 amide bonds. The molecule has 1 aliphatic heterocycles. The average molecular weight is 261 g/mol. The summed E-state index contributed by atoms with van der Waals surface area (Å²) in [5, 5.41) is 9.46. The lowest BCUT2D eigenvalue weighted by molar-refractivity contribution is -0.141. The van der Waals surface area contributed by atoms with Gasteiger partial charge < -0.3 is 5.11 Å². The van der Waals surface area contributed by atoms with Crippen molar-refractivity contribution in [3.63, 3.8) is 0 Å². The lowest BCUT2D eigenvalue weighted by atomic mass is 9.89. The molecule has 3 nitrogen and oxygen atoms in total. The van der Waals surface area contributed by atoms with Gasteiger partial charge in [0.15, 0.2) is 0 Å². The number of carboxylic acids is 1. The first-order chi connectivity index (χ1) is 8.79. The Kier molecular flexibility index (Phi) is 3.68. The van der Waals surface area contributed by atoms with Gasteiger partial charge in [0.1, 0.15) is 0 Å². The molecule has 0 aliphatic carbocycles. The summed E-state index contributed by atoms with van der Waals surface area (Å²) in [6.45, 7) is 9.94. The second kappa shape index (κ2) is 4.97. The first-order valence-electron chi connectivity index (χ1n) is 6.83. The molecule has 0 radical (unpaired) electrons. The molecule has 2 rings (SSSR count). The van der Waals surface area contributed by atoms with Gasteiger partial charge in [-0.25, -0.2) is 0 Å². The number of nitrogens with zero attached hydrogens (tertiary/aromatic N) is 1. The van der Waals surface area contributed by atoms with Gasteiger partial charge in [0, 0.05) is 24.5 Å². The number of benzene rings is 1. The van der Waals surface area contributed by atoms with Crippen molar-refractivity contribution in [2.75, 3.05) is 13.1 Å². The van der Waals surface area contributed by atoms with Crippen LogP contribution in [-0.2, 0) is 4.79 Å². The largest absolute Gasteiger partial charge is 0.481 e. The summed E-state index contributed by atoms with van der Waals surface area (Å²) in [5.74, 6) is -0.892. The molecular formula is C16H23NO2. The van der Waals surface area contributed by atoms with Crippen LogP contribution < -0.4 is 0 Å². The van der Waals surface area contributed by atoms with Crippen LogP contribution in [0.1, 0.15) is 37.8 Å². The van der Waals surface area contributed by atoms with E-state index in [0.717, 1.165) is 12.1 Å². The molecule has 2 unspecified atom stereocenters. The average Bonchev–Trinajstić information content (AvgIpc) is 2.74. The molecule has 0 bridgehead atoms. The van der Waals surface area contributed by atoms with E-state index in [1.165, 1.54) is 5.56 Å². The van der Waals surface area contributed by atoms with Gasteiger partial charge in [-0.15, -0.1) is 0 Å². The Labute approximate surface area is 115 Å². The molecule has 1 aromatic carbocycles. The third-order valence-electron chi connectivity index (χ3n) is 4.09. The quantitative estimate of drug-likeness (QED) is 0.890. The van der Waals surface area contributed by atoms with Gasteiger partial charge >= 0.3 is 5.97 Å². The summed E-state index contributed by atoms with van der Waals surface area (Å²) in [6, 6.07) is 8.27. The zero-order valence-corrected chi connectivity index (χ0v) is 12.2. The summed E-state index contributed by atoms with van der Waals surface area (Å²) in [4.78, 5) is 13.8. The Balaban J connectivity index is 2.27. The fraction of sp³-hybridized carbons (Fsp3) is 0.562. The number of carbonyl (C=O) groups is 1. The van der Waals surface area contributed by atoms with Crippen LogP contribution in [0.5, 0.6) is 0 Å². The van der Waals surface area contributed by atoms with Crippen molar-refractivity contribution in [1.29, 1.82) is 0 Å². The number of hydrogen-bond donors (Lipinski definition) is 1. The highest BCUT2D eigenvalue weighted by Crippen LogP contribution is 2.36. The van der Waals surface area contributed by atoms with Crippen LogP contribution in [0, 0.1) is 12.8 Å². The van der Waals surface area contributed by atoms with Crippen LogP contribution in [0.25, 0.3) is 0 Å². The van der Waals surface area contributed by atoms with Crippen molar-refractivity contribution in [3.8, 4) is 0 Å². The molecule has 0 aromatic heterocycles. The highest BCUT2D eigenvalue weighted by molar-refractivity contribution is 5.72. The van der Waals surface area contributed by atoms with E-state index in [1.807, 2.05) is 0 Å². The standard InChI is InChI=1S/C16H23NO2/c1-11-5-7-12(8-6-11)13-9-17(16(2,3)4)10-14(13)15(18)19/h5-8,13-14H,9-10H2,1-4H3,(H,18,19). The van der Waals surface area contributed by atoms with Crippen molar-refractivity contribution in [2.24, 2.45) is 5.92 Å². The van der Waals surface area contributed by atoms with Gasteiger partial charge in [0.2, 0.25) is 0 Å². The molecule has 2 atom stereocenters. The summed E-state index contributed by atoms with van der Waals surface area (Å²) in [7, 11) is 0. The fourth-order valence-corrected chi connectivity index (χ4v) is 2.75. The maximum atomic E-state index is 11.5. The smallest absolute Gasteiger partial charge is 0.308 e. The monoisotopic (exact) mass is 261 g/mol. The fourth-order valence-electron chi connectivity index (χ4n) is 2.75. The number of carboxylic acid groups (broad SMARTS) is 1. The van der Waals surface area contributed by atoms with Crippen LogP contribution in [0.15, 0.2) is 24.3 Å². The molecule has 104 valence electrons. The van der Waals surface area contributed by atoms with E-state index in [4.69, 9.17) is 0 Å². The highest BCUT2D eigenvalue weighted by Gasteiger charge is 2.41. The second-order valence-electron chi connectivity index (χ2n) is 6.54. The minimum absolute atomic E-state index is 0.0210. The zero-order valence-electron chi connectivity index (χ0n) is 12.2. The molecule has 0 spiro atoms. The van der Waals surface area contributed by atoms with Gasteiger partial charge in [-0.3, -0.25) is 9.69 Å². The Morgan fingerprint density at radius 2 is 1.79 bits per heavy atom. The maximum Gasteiger partial charge on any atom is 0.308 e. The van der Waals surface area contributed by atoms with E-state index in [-0.39, 0.29) is 17.4 Å². The van der Waals surface area contributed by atoms with E-state index in [0.29, 0.717) is 6.54 Å². The van der Waals surface area contributed by atoms with Crippen molar-refractivity contribution < 1.29 is 9.90 Å². The topological polar surface area (TPSA) is 40.5 Å². The van der Waals surface area contributed by atoms with Gasteiger partial charge in [0.05, 0.1) is 5.92 Å². The third kappa shape index (κ3) is 2.98. The molecule has 0 saturated carbocycles. The van der Waals surface area contributed by atoms with Crippen molar-refractivity contribution in [2.45, 2.75) is 39.2 Å². The number of aliphatic carboxylic acids is 1. The highest BCUT2D eigenvalue weighted by atomic mass is 16.4. The molecule has 1 heterocycles. The lowest BCUT2D eigenvalue weighted by Crippen LogP contribution is -2.40. The third-order valence-corrected chi connectivity index (χ3v) is 4.09. The lowest BCUT2D eigenvalue weighted by Gasteiger charge is -2.31. The van der Waals surface area contributed by atoms with Crippen molar-refractivity contribution in [1.82, 2.24) is 4.90 Å². The first kappa shape index (κ1) is 14.1. The van der Waals surface area contributed by atoms with Gasteiger partial charge in [-0.2, -0.15) is 0 Å². The summed E-state index contributed by atoms with van der Waals surface area (Å²) in [5.41, 5.74) is 2.37. The second-order valence-corrected chi connectivity index (χ2v) is 6.54. The molecule has 1 fully saturated rings. The van der Waals surface area contributed by atoms with E-state index < -0.39 is 5.97 Å².